The number of hydrogen-bond acceptors (Lipinski definition) is 4. The normalized spacial score (nSPS) is 13.8. The molecule has 2 rings (SSSR count). The van der Waals surface area contributed by atoms with Crippen LogP contribution in [0.5, 0.6) is 0 Å². The van der Waals surface area contributed by atoms with E-state index in [2.05, 4.69) is 0 Å². The van der Waals surface area contributed by atoms with Crippen LogP contribution in [-0.2, 0) is 16.4 Å². The van der Waals surface area contributed by atoms with Crippen LogP contribution in [0.4, 0.5) is 0 Å². The molecule has 0 saturated heterocycles. The lowest BCUT2D eigenvalue weighted by molar-refractivity contribution is 0.584. The predicted octanol–water partition coefficient (Wildman–Crippen LogP) is 2.38. The fraction of sp³-hybridized carbons (Fsp3) is 0.200. The van der Waals surface area contributed by atoms with Gasteiger partial charge in [-0.05, 0) is 22.9 Å². The first kappa shape index (κ1) is 11.8. The second-order valence-corrected chi connectivity index (χ2v) is 7.14. The highest BCUT2D eigenvalue weighted by Gasteiger charge is 2.25. The first-order chi connectivity index (χ1) is 7.57. The molecule has 0 amide bonds. The summed E-state index contributed by atoms with van der Waals surface area (Å²) in [5.74, 6) is 0. The smallest absolute Gasteiger partial charge is 0.217 e. The summed E-state index contributed by atoms with van der Waals surface area (Å²) in [4.78, 5) is 1.84. The van der Waals surface area contributed by atoms with Crippen LogP contribution in [0.1, 0.15) is 15.0 Å². The number of rotatable bonds is 4. The van der Waals surface area contributed by atoms with Gasteiger partial charge in [-0.3, -0.25) is 0 Å². The molecule has 0 aromatic carbocycles. The van der Waals surface area contributed by atoms with E-state index in [4.69, 9.17) is 5.14 Å². The van der Waals surface area contributed by atoms with Gasteiger partial charge in [-0.25, -0.2) is 13.6 Å². The molecule has 3 nitrogen and oxygen atoms in total. The van der Waals surface area contributed by atoms with Crippen LogP contribution >= 0.6 is 22.7 Å². The Hall–Kier alpha value is -0.690. The summed E-state index contributed by atoms with van der Waals surface area (Å²) in [6.45, 7) is 0. The molecule has 0 aliphatic carbocycles. The molecule has 0 radical (unpaired) electrons. The van der Waals surface area contributed by atoms with E-state index in [1.165, 1.54) is 11.3 Å². The zero-order valence-corrected chi connectivity index (χ0v) is 10.8. The van der Waals surface area contributed by atoms with Crippen LogP contribution in [0, 0.1) is 0 Å². The molecule has 0 aliphatic heterocycles. The third kappa shape index (κ3) is 2.70. The topological polar surface area (TPSA) is 60.2 Å². The molecule has 2 aromatic heterocycles. The molecular weight excluding hydrogens is 262 g/mol. The van der Waals surface area contributed by atoms with Crippen molar-refractivity contribution in [2.24, 2.45) is 5.14 Å². The van der Waals surface area contributed by atoms with Gasteiger partial charge in [-0.1, -0.05) is 12.1 Å². The van der Waals surface area contributed by atoms with Crippen LogP contribution < -0.4 is 5.14 Å². The number of thiophene rings is 2. The summed E-state index contributed by atoms with van der Waals surface area (Å²) in [5.41, 5.74) is 0. The Balaban J connectivity index is 2.30. The van der Waals surface area contributed by atoms with Gasteiger partial charge in [0.1, 0.15) is 5.25 Å². The molecule has 1 unspecified atom stereocenters. The summed E-state index contributed by atoms with van der Waals surface area (Å²) < 4.78 is 23.1. The van der Waals surface area contributed by atoms with Crippen molar-refractivity contribution in [1.29, 1.82) is 0 Å². The van der Waals surface area contributed by atoms with Gasteiger partial charge in [0.25, 0.3) is 0 Å². The maximum absolute atomic E-state index is 11.5. The summed E-state index contributed by atoms with van der Waals surface area (Å²) in [5, 5.41) is 8.45. The fourth-order valence-corrected chi connectivity index (χ4v) is 4.41. The van der Waals surface area contributed by atoms with Crippen molar-refractivity contribution in [2.45, 2.75) is 11.7 Å². The molecule has 6 heteroatoms. The lowest BCUT2D eigenvalue weighted by Crippen LogP contribution is -2.22. The van der Waals surface area contributed by atoms with Crippen molar-refractivity contribution in [3.05, 3.63) is 44.8 Å². The zero-order valence-electron chi connectivity index (χ0n) is 8.37. The highest BCUT2D eigenvalue weighted by Crippen LogP contribution is 2.29. The van der Waals surface area contributed by atoms with Crippen LogP contribution in [-0.4, -0.2) is 8.42 Å². The molecule has 2 aromatic rings. The van der Waals surface area contributed by atoms with E-state index in [0.29, 0.717) is 6.42 Å². The van der Waals surface area contributed by atoms with Gasteiger partial charge in [0.15, 0.2) is 0 Å². The van der Waals surface area contributed by atoms with E-state index in [9.17, 15) is 8.42 Å². The molecule has 0 saturated carbocycles. The van der Waals surface area contributed by atoms with Gasteiger partial charge in [0.2, 0.25) is 10.0 Å². The molecular formula is C10H11NO2S3. The quantitative estimate of drug-likeness (QED) is 0.929. The fourth-order valence-electron chi connectivity index (χ4n) is 1.46. The number of sulfonamides is 1. The van der Waals surface area contributed by atoms with Crippen LogP contribution in [0.25, 0.3) is 0 Å². The molecule has 1 atom stereocenters. The lowest BCUT2D eigenvalue weighted by Gasteiger charge is -2.11. The van der Waals surface area contributed by atoms with E-state index < -0.39 is 15.3 Å². The van der Waals surface area contributed by atoms with Gasteiger partial charge in [0.05, 0.1) is 0 Å². The van der Waals surface area contributed by atoms with Gasteiger partial charge < -0.3 is 0 Å². The SMILES string of the molecule is NS(=O)(=O)C(Cc1cccs1)c1cccs1. The first-order valence-electron chi connectivity index (χ1n) is 4.65. The van der Waals surface area contributed by atoms with Crippen molar-refractivity contribution in [3.63, 3.8) is 0 Å². The second kappa shape index (κ2) is 4.67. The highest BCUT2D eigenvalue weighted by molar-refractivity contribution is 7.89. The number of nitrogens with two attached hydrogens (primary N) is 1. The van der Waals surface area contributed by atoms with Crippen LogP contribution in [0.2, 0.25) is 0 Å². The van der Waals surface area contributed by atoms with Crippen molar-refractivity contribution in [3.8, 4) is 0 Å². The van der Waals surface area contributed by atoms with Gasteiger partial charge in [-0.15, -0.1) is 22.7 Å². The predicted molar refractivity (Wildman–Crippen MR) is 68.2 cm³/mol. The average molecular weight is 273 g/mol. The van der Waals surface area contributed by atoms with E-state index in [1.54, 1.807) is 11.3 Å². The molecule has 0 aliphatic rings. The molecule has 16 heavy (non-hydrogen) atoms. The maximum Gasteiger partial charge on any atom is 0.217 e. The molecule has 2 heterocycles. The monoisotopic (exact) mass is 273 g/mol. The maximum atomic E-state index is 11.5. The summed E-state index contributed by atoms with van der Waals surface area (Å²) >= 11 is 2.97. The Morgan fingerprint density at radius 1 is 1.19 bits per heavy atom. The summed E-state index contributed by atoms with van der Waals surface area (Å²) in [6, 6.07) is 7.49. The number of primary sulfonamides is 1. The molecule has 0 spiro atoms. The lowest BCUT2D eigenvalue weighted by atomic mass is 10.2. The van der Waals surface area contributed by atoms with Crippen LogP contribution in [0.15, 0.2) is 35.0 Å². The Morgan fingerprint density at radius 3 is 2.38 bits per heavy atom. The van der Waals surface area contributed by atoms with E-state index >= 15 is 0 Å². The van der Waals surface area contributed by atoms with Crippen molar-refractivity contribution >= 4 is 32.7 Å². The molecule has 0 bridgehead atoms. The van der Waals surface area contributed by atoms with E-state index in [-0.39, 0.29) is 0 Å². The third-order valence-electron chi connectivity index (χ3n) is 2.22. The minimum Gasteiger partial charge on any atom is -0.228 e. The van der Waals surface area contributed by atoms with Crippen LogP contribution in [0.3, 0.4) is 0 Å². The Kier molecular flexibility index (Phi) is 3.44. The van der Waals surface area contributed by atoms with Crippen molar-refractivity contribution < 1.29 is 8.42 Å². The zero-order chi connectivity index (χ0) is 11.6. The molecule has 0 fully saturated rings. The summed E-state index contributed by atoms with van der Waals surface area (Å²) in [6.07, 6.45) is 0.455. The standard InChI is InChI=1S/C10H11NO2S3/c11-16(12,13)10(9-4-2-6-15-9)7-8-3-1-5-14-8/h1-6,10H,7H2,(H2,11,12,13). The largest absolute Gasteiger partial charge is 0.228 e. The second-order valence-electron chi connectivity index (χ2n) is 3.38. The summed E-state index contributed by atoms with van der Waals surface area (Å²) in [7, 11) is -3.55. The minimum absolute atomic E-state index is 0.455. The van der Waals surface area contributed by atoms with Crippen molar-refractivity contribution in [2.75, 3.05) is 0 Å². The van der Waals surface area contributed by atoms with Gasteiger partial charge >= 0.3 is 0 Å². The Bertz CT molecular complexity index is 529. The van der Waals surface area contributed by atoms with Gasteiger partial charge in [0, 0.05) is 16.2 Å². The van der Waals surface area contributed by atoms with E-state index in [0.717, 1.165) is 9.75 Å². The Labute approximate surface area is 103 Å². The van der Waals surface area contributed by atoms with Crippen molar-refractivity contribution in [1.82, 2.24) is 0 Å². The highest BCUT2D eigenvalue weighted by atomic mass is 32.2. The molecule has 2 N–H and O–H groups in total. The molecule has 86 valence electrons. The first-order valence-corrected chi connectivity index (χ1v) is 8.01. The van der Waals surface area contributed by atoms with Gasteiger partial charge in [-0.2, -0.15) is 0 Å². The Morgan fingerprint density at radius 2 is 1.88 bits per heavy atom. The third-order valence-corrected chi connectivity index (χ3v) is 5.47. The number of hydrogen-bond donors (Lipinski definition) is 1. The minimum atomic E-state index is -3.55. The average Bonchev–Trinajstić information content (AvgIpc) is 2.85. The van der Waals surface area contributed by atoms with E-state index in [1.807, 2.05) is 35.0 Å².